The van der Waals surface area contributed by atoms with Crippen molar-refractivity contribution < 1.29 is 37.0 Å². The Balaban J connectivity index is 1.89. The van der Waals surface area contributed by atoms with Gasteiger partial charge in [-0.2, -0.15) is 13.2 Å². The number of hydrogen-bond acceptors (Lipinski definition) is 6. The molecular weight excluding hydrogens is 501 g/mol. The van der Waals surface area contributed by atoms with E-state index in [1.807, 2.05) is 25.7 Å². The summed E-state index contributed by atoms with van der Waals surface area (Å²) in [5, 5.41) is 0. The zero-order chi connectivity index (χ0) is 28.5. The first-order valence-corrected chi connectivity index (χ1v) is 13.1. The minimum atomic E-state index is -4.49. The molecule has 0 spiro atoms. The van der Waals surface area contributed by atoms with Crippen LogP contribution in [0.25, 0.3) is 0 Å². The highest BCUT2D eigenvalue weighted by atomic mass is 19.4. The van der Waals surface area contributed by atoms with E-state index >= 15 is 0 Å². The number of halogens is 3. The predicted molar refractivity (Wildman–Crippen MR) is 138 cm³/mol. The van der Waals surface area contributed by atoms with E-state index in [-0.39, 0.29) is 23.7 Å². The van der Waals surface area contributed by atoms with Crippen LogP contribution in [0.5, 0.6) is 0 Å². The summed E-state index contributed by atoms with van der Waals surface area (Å²) in [7, 11) is 1.57. The van der Waals surface area contributed by atoms with Gasteiger partial charge >= 0.3 is 18.2 Å². The third-order valence-electron chi connectivity index (χ3n) is 6.81. The van der Waals surface area contributed by atoms with Crippen LogP contribution in [0.15, 0.2) is 18.2 Å². The summed E-state index contributed by atoms with van der Waals surface area (Å²) in [4.78, 5) is 28.9. The molecule has 0 bridgehead atoms. The van der Waals surface area contributed by atoms with E-state index in [1.54, 1.807) is 32.8 Å². The number of piperidine rings is 1. The van der Waals surface area contributed by atoms with Crippen LogP contribution in [0.4, 0.5) is 23.7 Å². The zero-order valence-corrected chi connectivity index (χ0v) is 23.5. The minimum absolute atomic E-state index is 0.109. The number of amides is 1. The van der Waals surface area contributed by atoms with Gasteiger partial charge in [0.1, 0.15) is 11.2 Å². The van der Waals surface area contributed by atoms with Crippen LogP contribution in [-0.4, -0.2) is 68.1 Å². The molecule has 1 aromatic carbocycles. The fourth-order valence-corrected chi connectivity index (χ4v) is 5.13. The van der Waals surface area contributed by atoms with Crippen molar-refractivity contribution in [1.82, 2.24) is 4.90 Å². The Bertz CT molecular complexity index is 992. The molecule has 38 heavy (non-hydrogen) atoms. The number of carbonyl (C=O) groups is 2. The second-order valence-electron chi connectivity index (χ2n) is 12.3. The fourth-order valence-electron chi connectivity index (χ4n) is 5.13. The van der Waals surface area contributed by atoms with Gasteiger partial charge in [-0.3, -0.25) is 4.79 Å². The van der Waals surface area contributed by atoms with Crippen molar-refractivity contribution in [2.24, 2.45) is 11.8 Å². The predicted octanol–water partition coefficient (Wildman–Crippen LogP) is 5.86. The third kappa shape index (κ3) is 7.77. The first-order chi connectivity index (χ1) is 17.5. The topological polar surface area (TPSA) is 68.3 Å². The smallest absolute Gasteiger partial charge is 0.416 e. The molecule has 1 amide bonds. The van der Waals surface area contributed by atoms with Crippen molar-refractivity contribution in [3.8, 4) is 0 Å². The van der Waals surface area contributed by atoms with E-state index in [2.05, 4.69) is 0 Å². The van der Waals surface area contributed by atoms with E-state index in [9.17, 15) is 22.8 Å². The highest BCUT2D eigenvalue weighted by molar-refractivity contribution is 5.73. The number of rotatable bonds is 5. The maximum absolute atomic E-state index is 13.7. The Morgan fingerprint density at radius 2 is 1.55 bits per heavy atom. The lowest BCUT2D eigenvalue weighted by Crippen LogP contribution is -2.39. The molecule has 0 saturated carbocycles. The Morgan fingerprint density at radius 1 is 0.947 bits per heavy atom. The summed E-state index contributed by atoms with van der Waals surface area (Å²) in [6.45, 7) is 12.7. The summed E-state index contributed by atoms with van der Waals surface area (Å²) in [6, 6.07) is 3.83. The average Bonchev–Trinajstić information content (AvgIpc) is 3.20. The number of likely N-dealkylation sites (tertiary alicyclic amines) is 1. The van der Waals surface area contributed by atoms with Gasteiger partial charge in [0.2, 0.25) is 0 Å². The van der Waals surface area contributed by atoms with Crippen LogP contribution in [-0.2, 0) is 25.2 Å². The van der Waals surface area contributed by atoms with Crippen LogP contribution in [0.3, 0.4) is 0 Å². The summed E-state index contributed by atoms with van der Waals surface area (Å²) < 4.78 is 57.7. The number of hydrogen-bond donors (Lipinski definition) is 0. The number of nitrogens with zero attached hydrogens (tertiary/aromatic N) is 2. The van der Waals surface area contributed by atoms with Gasteiger partial charge in [-0.15, -0.1) is 0 Å². The molecule has 2 aliphatic rings. The SMILES string of the molecule is COC[C@H]1CN(C(=O)OC(C)(C)C)CC1c1ccc(C(F)(F)F)cc1N1CCC(C(=O)OC(C)(C)C)CC1. The van der Waals surface area contributed by atoms with Gasteiger partial charge in [-0.1, -0.05) is 6.07 Å². The molecule has 0 N–H and O–H groups in total. The van der Waals surface area contributed by atoms with Crippen molar-refractivity contribution in [3.63, 3.8) is 0 Å². The molecular formula is C28H41F3N2O5. The first-order valence-electron chi connectivity index (χ1n) is 13.1. The van der Waals surface area contributed by atoms with Gasteiger partial charge in [0.05, 0.1) is 18.1 Å². The van der Waals surface area contributed by atoms with Crippen molar-refractivity contribution in [2.75, 3.05) is 44.8 Å². The van der Waals surface area contributed by atoms with E-state index in [1.165, 1.54) is 12.1 Å². The number of carbonyl (C=O) groups excluding carboxylic acids is 2. The largest absolute Gasteiger partial charge is 0.460 e. The summed E-state index contributed by atoms with van der Waals surface area (Å²) in [5.74, 6) is -0.911. The van der Waals surface area contributed by atoms with E-state index in [0.717, 1.165) is 11.6 Å². The van der Waals surface area contributed by atoms with Gasteiger partial charge in [0.25, 0.3) is 0 Å². The molecule has 0 aromatic heterocycles. The normalized spacial score (nSPS) is 21.5. The molecule has 2 atom stereocenters. The highest BCUT2D eigenvalue weighted by Crippen LogP contribution is 2.42. The van der Waals surface area contributed by atoms with Crippen LogP contribution in [0.2, 0.25) is 0 Å². The molecule has 10 heteroatoms. The molecule has 1 aromatic rings. The lowest BCUT2D eigenvalue weighted by Gasteiger charge is -2.36. The average molecular weight is 543 g/mol. The maximum atomic E-state index is 13.7. The third-order valence-corrected chi connectivity index (χ3v) is 6.81. The zero-order valence-electron chi connectivity index (χ0n) is 23.5. The number of alkyl halides is 3. The Labute approximate surface area is 223 Å². The molecule has 3 rings (SSSR count). The Kier molecular flexibility index (Phi) is 8.95. The fraction of sp³-hybridized carbons (Fsp3) is 0.714. The van der Waals surface area contributed by atoms with Gasteiger partial charge in [0.15, 0.2) is 0 Å². The molecule has 0 aliphatic carbocycles. The van der Waals surface area contributed by atoms with Crippen LogP contribution in [0.1, 0.15) is 71.4 Å². The van der Waals surface area contributed by atoms with Crippen molar-refractivity contribution in [2.45, 2.75) is 77.7 Å². The van der Waals surface area contributed by atoms with Crippen molar-refractivity contribution >= 4 is 17.7 Å². The number of anilines is 1. The lowest BCUT2D eigenvalue weighted by atomic mass is 9.86. The molecule has 2 heterocycles. The van der Waals surface area contributed by atoms with E-state index in [0.29, 0.717) is 51.3 Å². The number of ether oxygens (including phenoxy) is 3. The summed E-state index contributed by atoms with van der Waals surface area (Å²) >= 11 is 0. The molecule has 1 unspecified atom stereocenters. The molecule has 2 fully saturated rings. The maximum Gasteiger partial charge on any atom is 0.416 e. The number of benzene rings is 1. The molecule has 0 radical (unpaired) electrons. The molecule has 214 valence electrons. The molecule has 7 nitrogen and oxygen atoms in total. The number of esters is 1. The number of methoxy groups -OCH3 is 1. The molecule has 2 aliphatic heterocycles. The lowest BCUT2D eigenvalue weighted by molar-refractivity contribution is -0.160. The van der Waals surface area contributed by atoms with Gasteiger partial charge < -0.3 is 24.0 Å². The minimum Gasteiger partial charge on any atom is -0.460 e. The van der Waals surface area contributed by atoms with Gasteiger partial charge in [0, 0.05) is 50.8 Å². The first kappa shape index (κ1) is 30.1. The quantitative estimate of drug-likeness (QED) is 0.434. The van der Waals surface area contributed by atoms with Crippen LogP contribution >= 0.6 is 0 Å². The second-order valence-corrected chi connectivity index (χ2v) is 12.3. The van der Waals surface area contributed by atoms with Crippen molar-refractivity contribution in [1.29, 1.82) is 0 Å². The van der Waals surface area contributed by atoms with Crippen molar-refractivity contribution in [3.05, 3.63) is 29.3 Å². The summed E-state index contributed by atoms with van der Waals surface area (Å²) in [6.07, 6.45) is -3.97. The van der Waals surface area contributed by atoms with Crippen LogP contribution < -0.4 is 4.90 Å². The van der Waals surface area contributed by atoms with Gasteiger partial charge in [-0.05, 0) is 72.1 Å². The Morgan fingerprint density at radius 3 is 2.08 bits per heavy atom. The van der Waals surface area contributed by atoms with E-state index < -0.39 is 29.0 Å². The second kappa shape index (κ2) is 11.3. The highest BCUT2D eigenvalue weighted by Gasteiger charge is 2.41. The standard InChI is InChI=1S/C28H41F3N2O5/c1-26(2,3)37-24(34)18-10-12-32(13-11-18)23-14-20(28(29,30)31)8-9-21(23)22-16-33(15-19(22)17-36-7)25(35)38-27(4,5)6/h8-9,14,18-19,22H,10-13,15-17H2,1-7H3/t19-,22?/m1/s1. The van der Waals surface area contributed by atoms with Crippen LogP contribution in [0, 0.1) is 11.8 Å². The monoisotopic (exact) mass is 542 g/mol. The van der Waals surface area contributed by atoms with Gasteiger partial charge in [-0.25, -0.2) is 4.79 Å². The Hall–Kier alpha value is -2.49. The van der Waals surface area contributed by atoms with E-state index in [4.69, 9.17) is 14.2 Å². The molecule has 2 saturated heterocycles. The summed E-state index contributed by atoms with van der Waals surface area (Å²) in [5.41, 5.74) is -0.761.